The first-order chi connectivity index (χ1) is 10.9. The standard InChI is InChI=1S/C17H25N5O/c1-13-9-18-16(20-13)12-22(4)17(23)19-10-14-6-5-7-15(8-14)11-21(2)3/h5-9H,10-12H2,1-4H3,(H,18,20)(H,19,23). The van der Waals surface area contributed by atoms with Gasteiger partial charge in [-0.15, -0.1) is 0 Å². The Morgan fingerprint density at radius 3 is 2.61 bits per heavy atom. The molecular formula is C17H25N5O. The molecule has 0 spiro atoms. The number of carbonyl (C=O) groups excluding carboxylic acids is 1. The van der Waals surface area contributed by atoms with Gasteiger partial charge in [0.15, 0.2) is 0 Å². The molecule has 2 rings (SSSR count). The van der Waals surface area contributed by atoms with Crippen LogP contribution in [0.5, 0.6) is 0 Å². The van der Waals surface area contributed by atoms with Crippen molar-refractivity contribution in [2.75, 3.05) is 21.1 Å². The molecule has 0 unspecified atom stereocenters. The molecule has 2 aromatic rings. The van der Waals surface area contributed by atoms with Crippen molar-refractivity contribution in [1.82, 2.24) is 25.1 Å². The predicted octanol–water partition coefficient (Wildman–Crippen LogP) is 2.12. The van der Waals surface area contributed by atoms with Crippen molar-refractivity contribution in [3.63, 3.8) is 0 Å². The minimum Gasteiger partial charge on any atom is -0.345 e. The number of carbonyl (C=O) groups is 1. The van der Waals surface area contributed by atoms with Crippen LogP contribution in [0.25, 0.3) is 0 Å². The number of amides is 2. The fourth-order valence-electron chi connectivity index (χ4n) is 2.36. The van der Waals surface area contributed by atoms with E-state index in [4.69, 9.17) is 0 Å². The molecule has 1 heterocycles. The molecule has 23 heavy (non-hydrogen) atoms. The summed E-state index contributed by atoms with van der Waals surface area (Å²) in [6.07, 6.45) is 1.76. The summed E-state index contributed by atoms with van der Waals surface area (Å²) in [5, 5.41) is 2.94. The third-order valence-electron chi connectivity index (χ3n) is 3.42. The van der Waals surface area contributed by atoms with Gasteiger partial charge in [0.25, 0.3) is 0 Å². The van der Waals surface area contributed by atoms with Crippen LogP contribution >= 0.6 is 0 Å². The van der Waals surface area contributed by atoms with E-state index in [0.717, 1.165) is 23.6 Å². The Kier molecular flexibility index (Phi) is 5.76. The number of rotatable bonds is 6. The Labute approximate surface area is 137 Å². The van der Waals surface area contributed by atoms with Gasteiger partial charge in [-0.05, 0) is 32.1 Å². The summed E-state index contributed by atoms with van der Waals surface area (Å²) in [6.45, 7) is 3.80. The normalized spacial score (nSPS) is 10.8. The van der Waals surface area contributed by atoms with Crippen LogP contribution in [0.15, 0.2) is 30.5 Å². The van der Waals surface area contributed by atoms with E-state index < -0.39 is 0 Å². The third kappa shape index (κ3) is 5.41. The van der Waals surface area contributed by atoms with Gasteiger partial charge in [0, 0.05) is 32.0 Å². The van der Waals surface area contributed by atoms with E-state index in [1.54, 1.807) is 18.1 Å². The Bertz CT molecular complexity index is 650. The van der Waals surface area contributed by atoms with Crippen molar-refractivity contribution >= 4 is 6.03 Å². The Balaban J connectivity index is 1.86. The molecule has 0 fully saturated rings. The van der Waals surface area contributed by atoms with Crippen LogP contribution in [-0.4, -0.2) is 46.9 Å². The number of hydrogen-bond donors (Lipinski definition) is 2. The topological polar surface area (TPSA) is 64.3 Å². The van der Waals surface area contributed by atoms with Crippen LogP contribution in [0.1, 0.15) is 22.6 Å². The van der Waals surface area contributed by atoms with Gasteiger partial charge in [-0.2, -0.15) is 0 Å². The van der Waals surface area contributed by atoms with Crippen LogP contribution in [0.4, 0.5) is 4.79 Å². The Morgan fingerprint density at radius 2 is 1.96 bits per heavy atom. The zero-order valence-electron chi connectivity index (χ0n) is 14.3. The summed E-state index contributed by atoms with van der Waals surface area (Å²) in [4.78, 5) is 23.2. The number of nitrogens with one attached hydrogen (secondary N) is 2. The molecule has 6 nitrogen and oxygen atoms in total. The molecule has 124 valence electrons. The third-order valence-corrected chi connectivity index (χ3v) is 3.42. The summed E-state index contributed by atoms with van der Waals surface area (Å²) < 4.78 is 0. The van der Waals surface area contributed by atoms with Crippen LogP contribution < -0.4 is 5.32 Å². The lowest BCUT2D eigenvalue weighted by Crippen LogP contribution is -2.36. The lowest BCUT2D eigenvalue weighted by atomic mass is 10.1. The minimum atomic E-state index is -0.114. The molecule has 0 aliphatic rings. The molecule has 0 bridgehead atoms. The molecule has 0 atom stereocenters. The molecule has 1 aromatic heterocycles. The maximum absolute atomic E-state index is 12.2. The van der Waals surface area contributed by atoms with Crippen LogP contribution in [-0.2, 0) is 19.6 Å². The van der Waals surface area contributed by atoms with Crippen molar-refractivity contribution in [2.45, 2.75) is 26.6 Å². The van der Waals surface area contributed by atoms with Gasteiger partial charge in [-0.1, -0.05) is 24.3 Å². The summed E-state index contributed by atoms with van der Waals surface area (Å²) in [5.41, 5.74) is 3.33. The largest absolute Gasteiger partial charge is 0.345 e. The summed E-state index contributed by atoms with van der Waals surface area (Å²) >= 11 is 0. The number of aromatic nitrogens is 2. The number of urea groups is 1. The van der Waals surface area contributed by atoms with Crippen molar-refractivity contribution in [3.8, 4) is 0 Å². The lowest BCUT2D eigenvalue weighted by Gasteiger charge is -2.17. The number of imidazole rings is 1. The van der Waals surface area contributed by atoms with Crippen LogP contribution in [0.3, 0.4) is 0 Å². The van der Waals surface area contributed by atoms with Gasteiger partial charge >= 0.3 is 6.03 Å². The fourth-order valence-corrected chi connectivity index (χ4v) is 2.36. The number of hydrogen-bond acceptors (Lipinski definition) is 3. The van der Waals surface area contributed by atoms with Crippen molar-refractivity contribution in [3.05, 3.63) is 53.1 Å². The number of H-pyrrole nitrogens is 1. The van der Waals surface area contributed by atoms with Crippen molar-refractivity contribution in [2.24, 2.45) is 0 Å². The van der Waals surface area contributed by atoms with Gasteiger partial charge in [-0.3, -0.25) is 0 Å². The first kappa shape index (κ1) is 17.0. The van der Waals surface area contributed by atoms with E-state index in [9.17, 15) is 4.79 Å². The lowest BCUT2D eigenvalue weighted by molar-refractivity contribution is 0.205. The number of benzene rings is 1. The predicted molar refractivity (Wildman–Crippen MR) is 90.9 cm³/mol. The molecule has 0 radical (unpaired) electrons. The minimum absolute atomic E-state index is 0.114. The number of nitrogens with zero attached hydrogens (tertiary/aromatic N) is 3. The molecule has 0 saturated carbocycles. The second-order valence-corrected chi connectivity index (χ2v) is 6.09. The smallest absolute Gasteiger partial charge is 0.317 e. The molecule has 1 aromatic carbocycles. The highest BCUT2D eigenvalue weighted by atomic mass is 16.2. The maximum Gasteiger partial charge on any atom is 0.317 e. The number of aryl methyl sites for hydroxylation is 1. The zero-order chi connectivity index (χ0) is 16.8. The SMILES string of the molecule is Cc1cnc(CN(C)C(=O)NCc2cccc(CN(C)C)c2)[nH]1. The van der Waals surface area contributed by atoms with Gasteiger partial charge in [0.05, 0.1) is 6.54 Å². The van der Waals surface area contributed by atoms with Crippen LogP contribution in [0, 0.1) is 6.92 Å². The molecule has 6 heteroatoms. The second kappa shape index (κ2) is 7.78. The van der Waals surface area contributed by atoms with Gasteiger partial charge < -0.3 is 20.1 Å². The highest BCUT2D eigenvalue weighted by molar-refractivity contribution is 5.73. The van der Waals surface area contributed by atoms with Gasteiger partial charge in [0.2, 0.25) is 0 Å². The van der Waals surface area contributed by atoms with Crippen molar-refractivity contribution in [1.29, 1.82) is 0 Å². The average molecular weight is 315 g/mol. The first-order valence-corrected chi connectivity index (χ1v) is 7.66. The summed E-state index contributed by atoms with van der Waals surface area (Å²) in [5.74, 6) is 0.785. The fraction of sp³-hybridized carbons (Fsp3) is 0.412. The average Bonchev–Trinajstić information content (AvgIpc) is 2.89. The van der Waals surface area contributed by atoms with Crippen molar-refractivity contribution < 1.29 is 4.79 Å². The molecule has 2 amide bonds. The number of aromatic amines is 1. The van der Waals surface area contributed by atoms with Crippen LogP contribution in [0.2, 0.25) is 0 Å². The summed E-state index contributed by atoms with van der Waals surface area (Å²) in [6, 6.07) is 8.15. The molecule has 0 aliphatic carbocycles. The summed E-state index contributed by atoms with van der Waals surface area (Å²) in [7, 11) is 5.84. The van der Waals surface area contributed by atoms with E-state index >= 15 is 0 Å². The Morgan fingerprint density at radius 1 is 1.22 bits per heavy atom. The molecule has 0 aliphatic heterocycles. The molecule has 2 N–H and O–H groups in total. The quantitative estimate of drug-likeness (QED) is 0.858. The van der Waals surface area contributed by atoms with E-state index in [2.05, 4.69) is 32.3 Å². The van der Waals surface area contributed by atoms with E-state index in [1.165, 1.54) is 5.56 Å². The maximum atomic E-state index is 12.2. The van der Waals surface area contributed by atoms with Gasteiger partial charge in [-0.25, -0.2) is 9.78 Å². The molecule has 0 saturated heterocycles. The zero-order valence-corrected chi connectivity index (χ0v) is 14.3. The molecular weight excluding hydrogens is 290 g/mol. The highest BCUT2D eigenvalue weighted by Gasteiger charge is 2.10. The van der Waals surface area contributed by atoms with E-state index in [-0.39, 0.29) is 6.03 Å². The van der Waals surface area contributed by atoms with E-state index in [1.807, 2.05) is 33.2 Å². The Hall–Kier alpha value is -2.34. The van der Waals surface area contributed by atoms with Gasteiger partial charge in [0.1, 0.15) is 5.82 Å². The monoisotopic (exact) mass is 315 g/mol. The highest BCUT2D eigenvalue weighted by Crippen LogP contribution is 2.07. The second-order valence-electron chi connectivity index (χ2n) is 6.09. The first-order valence-electron chi connectivity index (χ1n) is 7.66. The van der Waals surface area contributed by atoms with E-state index in [0.29, 0.717) is 13.1 Å².